The first-order valence-electron chi connectivity index (χ1n) is 27.1. The van der Waals surface area contributed by atoms with Gasteiger partial charge in [0, 0.05) is 56.0 Å². The molecular formula is C58H81N3O14S. The van der Waals surface area contributed by atoms with Crippen LogP contribution in [0.2, 0.25) is 0 Å². The first kappa shape index (κ1) is 59.7. The summed E-state index contributed by atoms with van der Waals surface area (Å²) in [5.74, 6) is -1.33. The molecule has 4 aliphatic heterocycles. The van der Waals surface area contributed by atoms with Gasteiger partial charge in [0.1, 0.15) is 56.9 Å². The molecule has 0 spiro atoms. The molecule has 4 aliphatic rings. The van der Waals surface area contributed by atoms with Gasteiger partial charge < -0.3 is 47.5 Å². The third kappa shape index (κ3) is 15.3. The van der Waals surface area contributed by atoms with Crippen LogP contribution in [0.1, 0.15) is 147 Å². The van der Waals surface area contributed by atoms with Gasteiger partial charge >= 0.3 is 11.9 Å². The molecule has 8 rings (SSSR count). The van der Waals surface area contributed by atoms with Gasteiger partial charge in [-0.1, -0.05) is 89.3 Å². The van der Waals surface area contributed by atoms with Crippen LogP contribution in [-0.4, -0.2) is 104 Å². The van der Waals surface area contributed by atoms with Gasteiger partial charge in [0.2, 0.25) is 0 Å². The normalized spacial score (nSPS) is 28.2. The van der Waals surface area contributed by atoms with E-state index in [2.05, 4.69) is 29.1 Å². The fraction of sp³-hybridized carbons (Fsp3) is 0.552. The second kappa shape index (κ2) is 26.2. The SMILES string of the molecule is CO.Cc1cc2oc(CCS(C)(=O)=O)cc2c2c1C(=O)O[C@@H](C)[C@H](C)/C=C\C(O)[C@H]1OC(C)(C)O[C@H]1CC=C2.Cc1cc2oc(CN=[N+]=[N-])cc2c2c1C(=O)O[C@@H](C)[C@H](C)/C=C\C(C)[C@H]1OC(C)(C)O[C@H]1CC=C2.[3H]C.[3H]C. The average Bonchev–Trinajstić information content (AvgIpc) is 4.16. The molecule has 2 aromatic carbocycles. The van der Waals surface area contributed by atoms with Crippen LogP contribution in [0.25, 0.3) is 44.5 Å². The first-order chi connectivity index (χ1) is 36.8. The number of aliphatic hydroxyl groups is 2. The molecular weight excluding hydrogens is 995 g/mol. The van der Waals surface area contributed by atoms with Gasteiger partial charge in [-0.05, 0) is 120 Å². The van der Waals surface area contributed by atoms with Crippen molar-refractivity contribution in [2.75, 3.05) is 19.1 Å². The van der Waals surface area contributed by atoms with Crippen LogP contribution in [0.3, 0.4) is 0 Å². The van der Waals surface area contributed by atoms with Crippen LogP contribution >= 0.6 is 0 Å². The van der Waals surface area contributed by atoms with E-state index >= 15 is 0 Å². The Morgan fingerprint density at radius 1 is 0.697 bits per heavy atom. The quantitative estimate of drug-likeness (QED) is 0.0621. The number of azide groups is 1. The highest BCUT2D eigenvalue weighted by molar-refractivity contribution is 7.90. The number of carbonyl (C=O) groups excluding carboxylic acids is 2. The number of esters is 2. The minimum absolute atomic E-state index is 0.0190. The maximum absolute atomic E-state index is 13.4. The lowest BCUT2D eigenvalue weighted by Crippen LogP contribution is -2.34. The Bertz CT molecular complexity index is 2970. The first-order valence-corrected chi connectivity index (χ1v) is 27.2. The maximum Gasteiger partial charge on any atom is 0.339 e. The number of nitrogens with zero attached hydrogens (tertiary/aromatic N) is 3. The largest absolute Gasteiger partial charge is 0.461 e. The molecule has 76 heavy (non-hydrogen) atoms. The summed E-state index contributed by atoms with van der Waals surface area (Å²) in [6, 6.07) is 7.22. The number of aryl methyl sites for hydroxylation is 3. The van der Waals surface area contributed by atoms with E-state index in [1.54, 1.807) is 18.2 Å². The van der Waals surface area contributed by atoms with Crippen LogP contribution < -0.4 is 0 Å². The summed E-state index contributed by atoms with van der Waals surface area (Å²) in [4.78, 5) is 29.6. The van der Waals surface area contributed by atoms with E-state index in [0.29, 0.717) is 63.2 Å². The van der Waals surface area contributed by atoms with E-state index in [9.17, 15) is 23.1 Å². The molecule has 418 valence electrons. The van der Waals surface area contributed by atoms with Crippen molar-refractivity contribution in [3.05, 3.63) is 116 Å². The zero-order chi connectivity index (χ0) is 58.4. The number of fused-ring (bicyclic) bond motifs is 8. The molecule has 0 saturated carbocycles. The van der Waals surface area contributed by atoms with Gasteiger partial charge in [0.05, 0.1) is 41.7 Å². The Labute approximate surface area is 451 Å². The summed E-state index contributed by atoms with van der Waals surface area (Å²) < 4.78 is 83.1. The Morgan fingerprint density at radius 3 is 1.62 bits per heavy atom. The van der Waals surface area contributed by atoms with Crippen molar-refractivity contribution < 1.29 is 68.2 Å². The minimum Gasteiger partial charge on any atom is -0.461 e. The van der Waals surface area contributed by atoms with E-state index in [4.69, 9.17) is 50.6 Å². The summed E-state index contributed by atoms with van der Waals surface area (Å²) in [6.45, 7) is 21.1. The van der Waals surface area contributed by atoms with Crippen molar-refractivity contribution in [3.8, 4) is 0 Å². The monoisotopic (exact) mass is 1080 g/mol. The molecule has 0 amide bonds. The third-order valence-electron chi connectivity index (χ3n) is 13.6. The van der Waals surface area contributed by atoms with Crippen molar-refractivity contribution in [1.29, 1.82) is 0 Å². The second-order valence-corrected chi connectivity index (χ2v) is 22.9. The highest BCUT2D eigenvalue weighted by atomic mass is 32.2. The smallest absolute Gasteiger partial charge is 0.339 e. The van der Waals surface area contributed by atoms with E-state index in [0.717, 1.165) is 23.6 Å². The van der Waals surface area contributed by atoms with Gasteiger partial charge in [-0.3, -0.25) is 0 Å². The molecule has 4 aromatic rings. The van der Waals surface area contributed by atoms with Crippen LogP contribution in [0.4, 0.5) is 0 Å². The van der Waals surface area contributed by atoms with Gasteiger partial charge in [-0.25, -0.2) is 18.0 Å². The Morgan fingerprint density at radius 2 is 1.13 bits per heavy atom. The number of furan rings is 2. The summed E-state index contributed by atoms with van der Waals surface area (Å²) in [5.41, 5.74) is 13.6. The van der Waals surface area contributed by atoms with Crippen LogP contribution in [-0.2, 0) is 51.2 Å². The molecule has 10 atom stereocenters. The van der Waals surface area contributed by atoms with Gasteiger partial charge in [0.15, 0.2) is 11.6 Å². The number of hydrogen-bond donors (Lipinski definition) is 2. The molecule has 2 aromatic heterocycles. The van der Waals surface area contributed by atoms with Crippen LogP contribution in [0.5, 0.6) is 0 Å². The lowest BCUT2D eigenvalue weighted by Gasteiger charge is -2.23. The van der Waals surface area contributed by atoms with Gasteiger partial charge in [-0.2, -0.15) is 0 Å². The summed E-state index contributed by atoms with van der Waals surface area (Å²) in [5, 5.41) is 22.9. The maximum atomic E-state index is 13.4. The fourth-order valence-corrected chi connectivity index (χ4v) is 10.1. The third-order valence-corrected chi connectivity index (χ3v) is 14.6. The number of carbonyl (C=O) groups is 2. The molecule has 2 N–H and O–H groups in total. The number of benzene rings is 2. The molecule has 2 saturated heterocycles. The zero-order valence-electron chi connectivity index (χ0n) is 48.8. The highest BCUT2D eigenvalue weighted by Crippen LogP contribution is 2.38. The standard InChI is InChI=1S/C28H36O8S.C27H33N3O5.CH4O.2CH4/c1-16-10-11-22(29)26-23(35-28(4,5)36-26)9-7-8-20-21-15-19(12-13-37(6,31)32)34-24(21)14-17(2)25(20)27(30)33-18(16)3;1-15-10-11-16(2)25-22(34-27(5,6)35-25)9-7-8-20-21-13-19(14-29-30-28)33-23(21)12-17(3)24(20)26(31)32-18(15)4;1-2;;/h7-8,10-11,14-16,18,22-23,26,29H,9,12-13H2,1-6H3;7-8,10-13,15-16,18,22,25H,9,14H2,1-6H3;2H,1H3;2*1H4/b2*8-7?,11-10-;;;/t16-,18+,22?,23+,26-;15-,16?,18+,22+,25-;;;/m11.../s1/i;;;2*1T. The molecule has 17 nitrogen and oxygen atoms in total. The highest BCUT2D eigenvalue weighted by Gasteiger charge is 2.44. The zero-order valence-corrected chi connectivity index (χ0v) is 47.6. The number of ether oxygens (including phenoxy) is 6. The summed E-state index contributed by atoms with van der Waals surface area (Å²) in [6.07, 6.45) is 15.1. The van der Waals surface area contributed by atoms with Crippen LogP contribution in [0.15, 0.2) is 74.7 Å². The Hall–Kier alpha value is -5.56. The number of sulfone groups is 1. The van der Waals surface area contributed by atoms with Crippen molar-refractivity contribution >= 4 is 55.9 Å². The number of rotatable bonds is 5. The number of hydrogen-bond acceptors (Lipinski definition) is 15. The number of aliphatic hydroxyl groups excluding tert-OH is 2. The van der Waals surface area contributed by atoms with Gasteiger partial charge in [-0.15, -0.1) is 0 Å². The van der Waals surface area contributed by atoms with Crippen LogP contribution in [0, 0.1) is 31.6 Å². The fourth-order valence-electron chi connectivity index (χ4n) is 9.57. The summed E-state index contributed by atoms with van der Waals surface area (Å²) >= 11 is 0. The average molecular weight is 1080 g/mol. The van der Waals surface area contributed by atoms with Gasteiger partial charge in [0.25, 0.3) is 0 Å². The predicted molar refractivity (Wildman–Crippen MR) is 296 cm³/mol. The Balaban J connectivity index is 0.000000308. The second-order valence-electron chi connectivity index (χ2n) is 20.6. The molecule has 6 heterocycles. The van der Waals surface area contributed by atoms with Crippen molar-refractivity contribution in [3.63, 3.8) is 0 Å². The summed E-state index contributed by atoms with van der Waals surface area (Å²) in [7, 11) is 0.339. The molecule has 2 unspecified atom stereocenters. The minimum atomic E-state index is -3.16. The van der Waals surface area contributed by atoms with E-state index in [1.165, 1.54) is 21.1 Å². The van der Waals surface area contributed by atoms with Crippen molar-refractivity contribution in [2.24, 2.45) is 22.9 Å². The predicted octanol–water partition coefficient (Wildman–Crippen LogP) is 12.1. The molecule has 0 radical (unpaired) electrons. The molecule has 0 bridgehead atoms. The molecule has 18 heteroatoms. The number of cyclic esters (lactones) is 2. The van der Waals surface area contributed by atoms with E-state index < -0.39 is 51.8 Å². The molecule has 2 fully saturated rings. The van der Waals surface area contributed by atoms with E-state index in [-0.39, 0.29) is 60.8 Å². The topological polar surface area (TPSA) is 239 Å². The lowest BCUT2D eigenvalue weighted by atomic mass is 9.93. The van der Waals surface area contributed by atoms with Crippen molar-refractivity contribution in [2.45, 2.75) is 171 Å². The lowest BCUT2D eigenvalue weighted by molar-refractivity contribution is -0.152. The Kier molecular flexibility index (Phi) is 20.6. The molecule has 0 aliphatic carbocycles. The van der Waals surface area contributed by atoms with Crippen molar-refractivity contribution in [1.82, 2.24) is 0 Å². The van der Waals surface area contributed by atoms with E-state index in [1.807, 2.05) is 112 Å².